The van der Waals surface area contributed by atoms with Crippen molar-refractivity contribution in [2.75, 3.05) is 4.90 Å². The van der Waals surface area contributed by atoms with Crippen LogP contribution in [0.2, 0.25) is 0 Å². The van der Waals surface area contributed by atoms with Crippen LogP contribution in [0.4, 0.5) is 17.1 Å². The summed E-state index contributed by atoms with van der Waals surface area (Å²) >= 11 is 1.88. The summed E-state index contributed by atoms with van der Waals surface area (Å²) < 4.78 is 5.07. The number of fused-ring (bicyclic) bond motifs is 8. The fourth-order valence-corrected chi connectivity index (χ4v) is 10.4. The van der Waals surface area contributed by atoms with E-state index in [1.54, 1.807) is 0 Å². The molecule has 0 unspecified atom stereocenters. The van der Waals surface area contributed by atoms with Gasteiger partial charge in [-0.05, 0) is 99.6 Å². The second-order valence-corrected chi connectivity index (χ2v) is 16.4. The van der Waals surface area contributed by atoms with Gasteiger partial charge in [0.1, 0.15) is 0 Å². The number of rotatable bonds is 6. The molecule has 0 aliphatic rings. The van der Waals surface area contributed by atoms with E-state index in [2.05, 4.69) is 228 Å². The Bertz CT molecular complexity index is 3540. The molecular formula is C56H36N2S. The molecule has 0 N–H and O–H groups in total. The summed E-state index contributed by atoms with van der Waals surface area (Å²) in [6.45, 7) is 0. The van der Waals surface area contributed by atoms with Crippen molar-refractivity contribution >= 4 is 91.9 Å². The topological polar surface area (TPSA) is 8.17 Å². The lowest BCUT2D eigenvalue weighted by Gasteiger charge is -2.27. The molecule has 0 saturated heterocycles. The Morgan fingerprint density at radius 1 is 0.356 bits per heavy atom. The molecule has 0 radical (unpaired) electrons. The van der Waals surface area contributed by atoms with Crippen molar-refractivity contribution in [1.29, 1.82) is 0 Å². The molecule has 2 aromatic heterocycles. The minimum Gasteiger partial charge on any atom is -0.310 e. The zero-order chi connectivity index (χ0) is 38.9. The monoisotopic (exact) mass is 768 g/mol. The number of thiophene rings is 1. The van der Waals surface area contributed by atoms with Crippen LogP contribution in [0.1, 0.15) is 0 Å². The highest BCUT2D eigenvalue weighted by molar-refractivity contribution is 7.26. The van der Waals surface area contributed by atoms with Gasteiger partial charge in [-0.2, -0.15) is 0 Å². The first kappa shape index (κ1) is 33.7. The molecule has 0 atom stereocenters. The molecule has 12 rings (SSSR count). The van der Waals surface area contributed by atoms with Gasteiger partial charge in [0.25, 0.3) is 0 Å². The molecule has 0 saturated carbocycles. The molecule has 0 aliphatic heterocycles. The van der Waals surface area contributed by atoms with Crippen molar-refractivity contribution in [3.05, 3.63) is 218 Å². The summed E-state index contributed by atoms with van der Waals surface area (Å²) in [7, 11) is 0. The lowest BCUT2D eigenvalue weighted by Crippen LogP contribution is -2.10. The van der Waals surface area contributed by atoms with Gasteiger partial charge in [0.05, 0.1) is 16.7 Å². The van der Waals surface area contributed by atoms with E-state index in [1.165, 1.54) is 85.8 Å². The van der Waals surface area contributed by atoms with Crippen molar-refractivity contribution in [1.82, 2.24) is 4.57 Å². The van der Waals surface area contributed by atoms with E-state index >= 15 is 0 Å². The molecular weight excluding hydrogens is 733 g/mol. The summed E-state index contributed by atoms with van der Waals surface area (Å²) in [5, 5.41) is 10.0. The summed E-state index contributed by atoms with van der Waals surface area (Å²) in [6.07, 6.45) is 0. The molecule has 0 aliphatic carbocycles. The number of hydrogen-bond acceptors (Lipinski definition) is 2. The lowest BCUT2D eigenvalue weighted by molar-refractivity contribution is 1.19. The lowest BCUT2D eigenvalue weighted by atomic mass is 10.00. The molecule has 10 aromatic carbocycles. The van der Waals surface area contributed by atoms with Crippen molar-refractivity contribution in [2.45, 2.75) is 0 Å². The Morgan fingerprint density at radius 2 is 0.949 bits per heavy atom. The van der Waals surface area contributed by atoms with Crippen LogP contribution in [0.3, 0.4) is 0 Å². The third kappa shape index (κ3) is 5.55. The minimum absolute atomic E-state index is 1.11. The van der Waals surface area contributed by atoms with Gasteiger partial charge in [-0.3, -0.25) is 0 Å². The van der Waals surface area contributed by atoms with Gasteiger partial charge in [0.15, 0.2) is 0 Å². The molecule has 0 bridgehead atoms. The predicted octanol–water partition coefficient (Wildman–Crippen LogP) is 16.3. The standard InChI is InChI=1S/C56H36N2S/c1-2-13-37(14-3-1)38-25-29-43(30-26-38)57(52-23-12-18-39-15-6-7-19-46(39)52)44-31-27-40(28-32-44)49-35-45(36-51-48-21-9-11-24-55(48)59-56(49)51)58-53-22-10-8-20-47(53)50-33-41-16-4-5-17-42(41)34-54(50)58/h1-36H. The largest absolute Gasteiger partial charge is 0.310 e. The maximum Gasteiger partial charge on any atom is 0.0547 e. The van der Waals surface area contributed by atoms with Crippen LogP contribution in [0.15, 0.2) is 218 Å². The maximum absolute atomic E-state index is 2.47. The number of hydrogen-bond donors (Lipinski definition) is 0. The first-order valence-corrected chi connectivity index (χ1v) is 21.0. The Kier molecular flexibility index (Phi) is 7.75. The fraction of sp³-hybridized carbons (Fsp3) is 0. The zero-order valence-corrected chi connectivity index (χ0v) is 32.9. The molecule has 0 spiro atoms. The average molecular weight is 769 g/mol. The van der Waals surface area contributed by atoms with Gasteiger partial charge >= 0.3 is 0 Å². The molecule has 2 heterocycles. The first-order valence-electron chi connectivity index (χ1n) is 20.2. The van der Waals surface area contributed by atoms with Crippen LogP contribution in [-0.2, 0) is 0 Å². The highest BCUT2D eigenvalue weighted by atomic mass is 32.1. The molecule has 0 fully saturated rings. The SMILES string of the molecule is c1ccc(-c2ccc(N(c3ccc(-c4cc(-n5c6ccccc6c6cc7ccccc7cc65)cc5c4sc4ccccc45)cc3)c3cccc4ccccc34)cc2)cc1. The molecule has 0 amide bonds. The second-order valence-electron chi connectivity index (χ2n) is 15.3. The van der Waals surface area contributed by atoms with Crippen LogP contribution in [0.25, 0.3) is 91.5 Å². The number of anilines is 3. The number of para-hydroxylation sites is 1. The van der Waals surface area contributed by atoms with Gasteiger partial charge in [-0.1, -0.05) is 152 Å². The van der Waals surface area contributed by atoms with Crippen LogP contribution in [0.5, 0.6) is 0 Å². The minimum atomic E-state index is 1.11. The van der Waals surface area contributed by atoms with Gasteiger partial charge in [0, 0.05) is 59.0 Å². The Labute approximate surface area is 346 Å². The molecule has 12 aromatic rings. The van der Waals surface area contributed by atoms with Crippen LogP contribution in [-0.4, -0.2) is 4.57 Å². The predicted molar refractivity (Wildman–Crippen MR) is 254 cm³/mol. The van der Waals surface area contributed by atoms with E-state index in [1.807, 2.05) is 11.3 Å². The van der Waals surface area contributed by atoms with E-state index < -0.39 is 0 Å². The zero-order valence-electron chi connectivity index (χ0n) is 32.1. The third-order valence-corrected chi connectivity index (χ3v) is 13.2. The normalized spacial score (nSPS) is 11.7. The molecule has 3 heteroatoms. The number of benzene rings is 10. The fourth-order valence-electron chi connectivity index (χ4n) is 9.14. The van der Waals surface area contributed by atoms with Crippen LogP contribution >= 0.6 is 11.3 Å². The average Bonchev–Trinajstić information content (AvgIpc) is 3.84. The summed E-state index contributed by atoms with van der Waals surface area (Å²) in [6, 6.07) is 80.0. The van der Waals surface area contributed by atoms with Gasteiger partial charge in [-0.15, -0.1) is 11.3 Å². The highest BCUT2D eigenvalue weighted by Crippen LogP contribution is 2.45. The molecule has 59 heavy (non-hydrogen) atoms. The van der Waals surface area contributed by atoms with Crippen molar-refractivity contribution in [2.24, 2.45) is 0 Å². The van der Waals surface area contributed by atoms with E-state index in [0.29, 0.717) is 0 Å². The smallest absolute Gasteiger partial charge is 0.0547 e. The van der Waals surface area contributed by atoms with E-state index in [-0.39, 0.29) is 0 Å². The van der Waals surface area contributed by atoms with Gasteiger partial charge in [-0.25, -0.2) is 0 Å². The van der Waals surface area contributed by atoms with Crippen molar-refractivity contribution in [3.63, 3.8) is 0 Å². The summed E-state index contributed by atoms with van der Waals surface area (Å²) in [5.74, 6) is 0. The summed E-state index contributed by atoms with van der Waals surface area (Å²) in [5.41, 5.74) is 11.8. The van der Waals surface area contributed by atoms with Gasteiger partial charge in [0.2, 0.25) is 0 Å². The van der Waals surface area contributed by atoms with E-state index in [9.17, 15) is 0 Å². The summed E-state index contributed by atoms with van der Waals surface area (Å²) in [4.78, 5) is 2.40. The first-order chi connectivity index (χ1) is 29.2. The number of nitrogens with zero attached hydrogens (tertiary/aromatic N) is 2. The van der Waals surface area contributed by atoms with Gasteiger partial charge < -0.3 is 9.47 Å². The van der Waals surface area contributed by atoms with Crippen LogP contribution < -0.4 is 4.90 Å². The quantitative estimate of drug-likeness (QED) is 0.164. The second kappa shape index (κ2) is 13.6. The van der Waals surface area contributed by atoms with Crippen molar-refractivity contribution < 1.29 is 0 Å². The van der Waals surface area contributed by atoms with E-state index in [0.717, 1.165) is 22.7 Å². The van der Waals surface area contributed by atoms with E-state index in [4.69, 9.17) is 0 Å². The molecule has 276 valence electrons. The molecule has 2 nitrogen and oxygen atoms in total. The maximum atomic E-state index is 2.47. The van der Waals surface area contributed by atoms with Crippen molar-refractivity contribution in [3.8, 4) is 27.9 Å². The Balaban J connectivity index is 1.05. The Hall–Kier alpha value is -7.46. The third-order valence-electron chi connectivity index (χ3n) is 11.9. The van der Waals surface area contributed by atoms with Crippen LogP contribution in [0, 0.1) is 0 Å². The Morgan fingerprint density at radius 3 is 1.73 bits per heavy atom. The highest BCUT2D eigenvalue weighted by Gasteiger charge is 2.20. The number of aromatic nitrogens is 1.